The minimum Gasteiger partial charge on any atom is -0.321 e. The largest absolute Gasteiger partial charge is 0.321 e. The lowest BCUT2D eigenvalue weighted by atomic mass is 9.59. The summed E-state index contributed by atoms with van der Waals surface area (Å²) in [7, 11) is 4.06. The summed E-state index contributed by atoms with van der Waals surface area (Å²) in [5.41, 5.74) is -0.492. The van der Waals surface area contributed by atoms with Gasteiger partial charge in [0.25, 0.3) is 0 Å². The minimum absolute atomic E-state index is 0.200. The maximum atomic E-state index is 12.9. The Morgan fingerprint density at radius 3 is 2.79 bits per heavy atom. The molecule has 4 heterocycles. The van der Waals surface area contributed by atoms with Crippen LogP contribution in [0, 0.1) is 17.8 Å². The van der Waals surface area contributed by atoms with Gasteiger partial charge in [-0.1, -0.05) is 6.92 Å². The Balaban J connectivity index is 1.74. The molecule has 2 bridgehead atoms. The first-order valence-electron chi connectivity index (χ1n) is 9.34. The molecule has 1 aliphatic carbocycles. The third-order valence-corrected chi connectivity index (χ3v) is 6.71. The number of carbonyl (C=O) groups excluding carboxylic acids is 1. The fourth-order valence-electron chi connectivity index (χ4n) is 5.31. The van der Waals surface area contributed by atoms with Crippen molar-refractivity contribution >= 4 is 5.91 Å². The van der Waals surface area contributed by atoms with Crippen LogP contribution in [0.1, 0.15) is 46.0 Å². The second-order valence-corrected chi connectivity index (χ2v) is 8.62. The molecule has 4 saturated heterocycles. The fourth-order valence-corrected chi connectivity index (χ4v) is 5.31. The van der Waals surface area contributed by atoms with Gasteiger partial charge in [-0.25, -0.2) is 9.78 Å². The van der Waals surface area contributed by atoms with Crippen molar-refractivity contribution in [1.82, 2.24) is 9.80 Å². The van der Waals surface area contributed by atoms with E-state index < -0.39 is 11.4 Å². The van der Waals surface area contributed by atoms with Gasteiger partial charge in [0.05, 0.1) is 0 Å². The zero-order valence-electron chi connectivity index (χ0n) is 15.3. The van der Waals surface area contributed by atoms with Gasteiger partial charge in [-0.2, -0.15) is 0 Å². The lowest BCUT2D eigenvalue weighted by Crippen LogP contribution is -2.73. The summed E-state index contributed by atoms with van der Waals surface area (Å²) in [4.78, 5) is 28.9. The van der Waals surface area contributed by atoms with Crippen LogP contribution < -0.4 is 0 Å². The van der Waals surface area contributed by atoms with Crippen LogP contribution in [0.25, 0.3) is 0 Å². The van der Waals surface area contributed by atoms with Crippen molar-refractivity contribution in [3.05, 3.63) is 0 Å². The smallest absolute Gasteiger partial charge is 0.225 e. The molecule has 6 nitrogen and oxygen atoms in total. The first kappa shape index (κ1) is 16.8. The van der Waals surface area contributed by atoms with Gasteiger partial charge in [-0.3, -0.25) is 4.79 Å². The molecule has 6 atom stereocenters. The van der Waals surface area contributed by atoms with E-state index in [1.165, 1.54) is 0 Å². The molecule has 1 spiro atoms. The highest BCUT2D eigenvalue weighted by atomic mass is 17.3. The molecule has 6 heteroatoms. The first-order chi connectivity index (χ1) is 11.4. The predicted octanol–water partition coefficient (Wildman–Crippen LogP) is 2.00. The van der Waals surface area contributed by atoms with E-state index in [1.807, 2.05) is 25.9 Å². The lowest BCUT2D eigenvalue weighted by Gasteiger charge is -2.60. The molecule has 24 heavy (non-hydrogen) atoms. The van der Waals surface area contributed by atoms with Gasteiger partial charge >= 0.3 is 0 Å². The Bertz CT molecular complexity index is 523. The van der Waals surface area contributed by atoms with Crippen molar-refractivity contribution in [2.75, 3.05) is 27.2 Å². The third-order valence-electron chi connectivity index (χ3n) is 6.71. The van der Waals surface area contributed by atoms with Crippen LogP contribution >= 0.6 is 0 Å². The van der Waals surface area contributed by atoms with E-state index in [0.29, 0.717) is 24.8 Å². The topological polar surface area (TPSA) is 51.2 Å². The number of amides is 1. The average Bonchev–Trinajstić information content (AvgIpc) is 2.75. The molecule has 5 aliphatic rings. The van der Waals surface area contributed by atoms with Crippen molar-refractivity contribution in [2.45, 2.75) is 63.6 Å². The summed E-state index contributed by atoms with van der Waals surface area (Å²) in [5.74, 6) is 0.617. The molecule has 4 aliphatic heterocycles. The van der Waals surface area contributed by atoms with Gasteiger partial charge in [0.1, 0.15) is 0 Å². The molecule has 0 aromatic carbocycles. The number of nitrogens with zero attached hydrogens (tertiary/aromatic N) is 2. The monoisotopic (exact) mass is 338 g/mol. The summed E-state index contributed by atoms with van der Waals surface area (Å²) >= 11 is 0. The molecule has 0 radical (unpaired) electrons. The molecule has 0 aromatic rings. The summed E-state index contributed by atoms with van der Waals surface area (Å²) in [5, 5.41) is 0. The SMILES string of the molecule is C[C@@H]1CC[C@H]2CC(=O)N(CCN(C)C)C3O[C@@]4(C)CC[C@@H]1[C@]32OO4. The van der Waals surface area contributed by atoms with Gasteiger partial charge in [-0.05, 0) is 52.1 Å². The Labute approximate surface area is 144 Å². The fraction of sp³-hybridized carbons (Fsp3) is 0.944. The Kier molecular flexibility index (Phi) is 3.95. The van der Waals surface area contributed by atoms with Crippen LogP contribution in [0.15, 0.2) is 0 Å². The van der Waals surface area contributed by atoms with E-state index in [1.54, 1.807) is 0 Å². The standard InChI is InChI=1S/C18H30N2O4/c1-12-5-6-13-11-15(21)20(10-9-19(3)4)16-18(13)14(12)7-8-17(2,22-16)23-24-18/h12-14,16H,5-11H2,1-4H3/t12-,13+,14+,16?,17-,18+/m1/s1. The van der Waals surface area contributed by atoms with E-state index in [0.717, 1.165) is 32.2 Å². The van der Waals surface area contributed by atoms with E-state index in [4.69, 9.17) is 14.5 Å². The maximum Gasteiger partial charge on any atom is 0.225 e. The van der Waals surface area contributed by atoms with Crippen LogP contribution in [-0.2, 0) is 19.3 Å². The normalized spacial score (nSPS) is 47.7. The third kappa shape index (κ3) is 2.34. The van der Waals surface area contributed by atoms with E-state index >= 15 is 0 Å². The number of likely N-dealkylation sites (N-methyl/N-ethyl adjacent to an activating group) is 1. The van der Waals surface area contributed by atoms with Crippen molar-refractivity contribution in [3.8, 4) is 0 Å². The van der Waals surface area contributed by atoms with Gasteiger partial charge in [0.15, 0.2) is 11.8 Å². The van der Waals surface area contributed by atoms with Crippen LogP contribution in [0.2, 0.25) is 0 Å². The van der Waals surface area contributed by atoms with Gasteiger partial charge in [0.2, 0.25) is 11.7 Å². The lowest BCUT2D eigenvalue weighted by molar-refractivity contribution is -0.546. The van der Waals surface area contributed by atoms with Crippen molar-refractivity contribution < 1.29 is 19.3 Å². The van der Waals surface area contributed by atoms with E-state index in [2.05, 4.69) is 11.8 Å². The Morgan fingerprint density at radius 1 is 1.25 bits per heavy atom. The molecular formula is C18H30N2O4. The zero-order chi connectivity index (χ0) is 17.1. The number of rotatable bonds is 3. The van der Waals surface area contributed by atoms with E-state index in [9.17, 15) is 4.79 Å². The predicted molar refractivity (Wildman–Crippen MR) is 87.7 cm³/mol. The first-order valence-corrected chi connectivity index (χ1v) is 9.34. The number of carbonyl (C=O) groups is 1. The molecule has 5 fully saturated rings. The Hall–Kier alpha value is -0.690. The molecule has 1 saturated carbocycles. The van der Waals surface area contributed by atoms with Gasteiger partial charge < -0.3 is 14.5 Å². The molecule has 5 rings (SSSR count). The maximum absolute atomic E-state index is 12.9. The zero-order valence-corrected chi connectivity index (χ0v) is 15.3. The number of likely N-dealkylation sites (tertiary alicyclic amines) is 1. The van der Waals surface area contributed by atoms with Crippen molar-refractivity contribution in [2.24, 2.45) is 17.8 Å². The molecule has 1 unspecified atom stereocenters. The van der Waals surface area contributed by atoms with Crippen LogP contribution in [0.4, 0.5) is 0 Å². The molecule has 136 valence electrons. The summed E-state index contributed by atoms with van der Waals surface area (Å²) in [6.45, 7) is 5.76. The highest BCUT2D eigenvalue weighted by Crippen LogP contribution is 2.59. The van der Waals surface area contributed by atoms with Gasteiger partial charge in [0, 0.05) is 31.8 Å². The number of ether oxygens (including phenoxy) is 1. The number of fused-ring (bicyclic) bond motifs is 2. The Morgan fingerprint density at radius 2 is 2.04 bits per heavy atom. The minimum atomic E-state index is -0.745. The highest BCUT2D eigenvalue weighted by Gasteiger charge is 2.68. The molecular weight excluding hydrogens is 308 g/mol. The molecule has 1 amide bonds. The van der Waals surface area contributed by atoms with Crippen LogP contribution in [0.3, 0.4) is 0 Å². The number of hydrogen-bond acceptors (Lipinski definition) is 5. The summed E-state index contributed by atoms with van der Waals surface area (Å²) in [6.07, 6.45) is 4.28. The number of hydrogen-bond donors (Lipinski definition) is 0. The highest BCUT2D eigenvalue weighted by molar-refractivity contribution is 5.78. The summed E-state index contributed by atoms with van der Waals surface area (Å²) in [6, 6.07) is 0. The van der Waals surface area contributed by atoms with Crippen molar-refractivity contribution in [1.29, 1.82) is 0 Å². The average molecular weight is 338 g/mol. The van der Waals surface area contributed by atoms with Gasteiger partial charge in [-0.15, -0.1) is 0 Å². The molecule has 0 aromatic heterocycles. The second kappa shape index (κ2) is 5.66. The van der Waals surface area contributed by atoms with E-state index in [-0.39, 0.29) is 18.1 Å². The quantitative estimate of drug-likeness (QED) is 0.737. The van der Waals surface area contributed by atoms with Crippen molar-refractivity contribution in [3.63, 3.8) is 0 Å². The number of piperidine rings is 1. The van der Waals surface area contributed by atoms with Crippen LogP contribution in [-0.4, -0.2) is 60.5 Å². The van der Waals surface area contributed by atoms with Crippen LogP contribution in [0.5, 0.6) is 0 Å². The summed E-state index contributed by atoms with van der Waals surface area (Å²) < 4.78 is 6.43. The molecule has 0 N–H and O–H groups in total. The second-order valence-electron chi connectivity index (χ2n) is 8.62.